The molecule has 2 aromatic rings. The van der Waals surface area contributed by atoms with E-state index < -0.39 is 11.9 Å². The van der Waals surface area contributed by atoms with E-state index in [1.54, 1.807) is 0 Å². The minimum absolute atomic E-state index is 0.0984. The Morgan fingerprint density at radius 3 is 2.17 bits per heavy atom. The molecule has 4 heteroatoms. The molecule has 0 aliphatic carbocycles. The highest BCUT2D eigenvalue weighted by Crippen LogP contribution is 2.21. The van der Waals surface area contributed by atoms with Gasteiger partial charge in [-0.15, -0.1) is 0 Å². The first-order chi connectivity index (χ1) is 10.9. The Labute approximate surface area is 135 Å². The van der Waals surface area contributed by atoms with Crippen LogP contribution in [0.4, 0.5) is 0 Å². The van der Waals surface area contributed by atoms with Gasteiger partial charge < -0.3 is 10.2 Å². The number of carboxylic acid groups (broad SMARTS) is 2. The molecule has 23 heavy (non-hydrogen) atoms. The van der Waals surface area contributed by atoms with Crippen LogP contribution in [-0.2, 0) is 6.42 Å². The highest BCUT2D eigenvalue weighted by molar-refractivity contribution is 5.93. The molecule has 2 aromatic carbocycles. The summed E-state index contributed by atoms with van der Waals surface area (Å²) in [6.45, 7) is 4.29. The van der Waals surface area contributed by atoms with Crippen molar-refractivity contribution in [1.29, 1.82) is 0 Å². The van der Waals surface area contributed by atoms with E-state index in [4.69, 9.17) is 5.11 Å². The zero-order chi connectivity index (χ0) is 17.0. The maximum absolute atomic E-state index is 11.3. The molecule has 0 heterocycles. The van der Waals surface area contributed by atoms with Gasteiger partial charge in [-0.1, -0.05) is 38.1 Å². The second-order valence-electron chi connectivity index (χ2n) is 5.71. The Balaban J connectivity index is 2.32. The SMILES string of the molecule is CCC(C)c1ccc(Cc2cc(C(=O)O)ccc2C(=O)O)cc1. The van der Waals surface area contributed by atoms with Crippen LogP contribution in [0.2, 0.25) is 0 Å². The van der Waals surface area contributed by atoms with Gasteiger partial charge in [0.15, 0.2) is 0 Å². The molecule has 0 aromatic heterocycles. The van der Waals surface area contributed by atoms with Crippen molar-refractivity contribution in [2.75, 3.05) is 0 Å². The zero-order valence-electron chi connectivity index (χ0n) is 13.2. The molecule has 0 amide bonds. The van der Waals surface area contributed by atoms with E-state index in [0.717, 1.165) is 12.0 Å². The average molecular weight is 312 g/mol. The molecule has 0 bridgehead atoms. The van der Waals surface area contributed by atoms with Crippen molar-refractivity contribution in [3.63, 3.8) is 0 Å². The largest absolute Gasteiger partial charge is 0.478 e. The number of hydrogen-bond donors (Lipinski definition) is 2. The number of carbonyl (C=O) groups is 2. The quantitative estimate of drug-likeness (QED) is 0.838. The van der Waals surface area contributed by atoms with Crippen LogP contribution in [-0.4, -0.2) is 22.2 Å². The molecule has 0 aliphatic heterocycles. The maximum Gasteiger partial charge on any atom is 0.335 e. The fraction of sp³-hybridized carbons (Fsp3) is 0.263. The molecule has 0 fully saturated rings. The summed E-state index contributed by atoms with van der Waals surface area (Å²) < 4.78 is 0. The molecule has 1 unspecified atom stereocenters. The predicted molar refractivity (Wildman–Crippen MR) is 88.3 cm³/mol. The third kappa shape index (κ3) is 3.97. The first-order valence-electron chi connectivity index (χ1n) is 7.60. The summed E-state index contributed by atoms with van der Waals surface area (Å²) in [7, 11) is 0. The van der Waals surface area contributed by atoms with E-state index in [1.807, 2.05) is 24.3 Å². The van der Waals surface area contributed by atoms with Gasteiger partial charge in [-0.2, -0.15) is 0 Å². The third-order valence-corrected chi connectivity index (χ3v) is 4.14. The van der Waals surface area contributed by atoms with Gasteiger partial charge in [-0.25, -0.2) is 9.59 Å². The van der Waals surface area contributed by atoms with Gasteiger partial charge >= 0.3 is 11.9 Å². The molecular formula is C19H20O4. The highest BCUT2D eigenvalue weighted by atomic mass is 16.4. The van der Waals surface area contributed by atoms with Gasteiger partial charge in [0.1, 0.15) is 0 Å². The van der Waals surface area contributed by atoms with Crippen LogP contribution in [0.3, 0.4) is 0 Å². The van der Waals surface area contributed by atoms with Crippen LogP contribution in [0.25, 0.3) is 0 Å². The molecular weight excluding hydrogens is 292 g/mol. The van der Waals surface area contributed by atoms with Crippen molar-refractivity contribution >= 4 is 11.9 Å². The minimum Gasteiger partial charge on any atom is -0.478 e. The van der Waals surface area contributed by atoms with Crippen molar-refractivity contribution in [3.8, 4) is 0 Å². The zero-order valence-corrected chi connectivity index (χ0v) is 13.2. The molecule has 4 nitrogen and oxygen atoms in total. The Morgan fingerprint density at radius 2 is 1.65 bits per heavy atom. The fourth-order valence-electron chi connectivity index (χ4n) is 2.50. The Bertz CT molecular complexity index is 717. The Hall–Kier alpha value is -2.62. The summed E-state index contributed by atoms with van der Waals surface area (Å²) in [4.78, 5) is 22.4. The van der Waals surface area contributed by atoms with E-state index in [2.05, 4.69) is 13.8 Å². The average Bonchev–Trinajstić information content (AvgIpc) is 2.54. The smallest absolute Gasteiger partial charge is 0.335 e. The Kier molecular flexibility index (Phi) is 5.16. The molecule has 120 valence electrons. The molecule has 0 aliphatic rings. The summed E-state index contributed by atoms with van der Waals surface area (Å²) in [5.41, 5.74) is 2.95. The predicted octanol–water partition coefficient (Wildman–Crippen LogP) is 4.19. The van der Waals surface area contributed by atoms with E-state index >= 15 is 0 Å². The Morgan fingerprint density at radius 1 is 1.00 bits per heavy atom. The van der Waals surface area contributed by atoms with Crippen molar-refractivity contribution in [3.05, 3.63) is 70.3 Å². The van der Waals surface area contributed by atoms with Gasteiger partial charge in [0.05, 0.1) is 11.1 Å². The summed E-state index contributed by atoms with van der Waals surface area (Å²) in [5, 5.41) is 18.4. The van der Waals surface area contributed by atoms with E-state index in [9.17, 15) is 14.7 Å². The lowest BCUT2D eigenvalue weighted by atomic mass is 9.94. The molecule has 0 radical (unpaired) electrons. The maximum atomic E-state index is 11.3. The van der Waals surface area contributed by atoms with E-state index in [1.165, 1.54) is 23.8 Å². The van der Waals surface area contributed by atoms with Gasteiger partial charge in [-0.05, 0) is 53.6 Å². The van der Waals surface area contributed by atoms with Crippen LogP contribution in [0.15, 0.2) is 42.5 Å². The summed E-state index contributed by atoms with van der Waals surface area (Å²) >= 11 is 0. The lowest BCUT2D eigenvalue weighted by molar-refractivity contribution is 0.0680. The van der Waals surface area contributed by atoms with Crippen LogP contribution >= 0.6 is 0 Å². The van der Waals surface area contributed by atoms with Crippen LogP contribution in [0.5, 0.6) is 0 Å². The number of carboxylic acids is 2. The molecule has 0 saturated carbocycles. The topological polar surface area (TPSA) is 74.6 Å². The number of rotatable bonds is 6. The number of benzene rings is 2. The summed E-state index contributed by atoms with van der Waals surface area (Å²) in [6.07, 6.45) is 1.45. The molecule has 0 spiro atoms. The second kappa shape index (κ2) is 7.09. The van der Waals surface area contributed by atoms with Gasteiger partial charge in [0.2, 0.25) is 0 Å². The van der Waals surface area contributed by atoms with Gasteiger partial charge in [0, 0.05) is 0 Å². The molecule has 0 saturated heterocycles. The normalized spacial score (nSPS) is 11.9. The minimum atomic E-state index is -1.06. The highest BCUT2D eigenvalue weighted by Gasteiger charge is 2.14. The fourth-order valence-corrected chi connectivity index (χ4v) is 2.50. The van der Waals surface area contributed by atoms with Gasteiger partial charge in [0.25, 0.3) is 0 Å². The number of aromatic carboxylic acids is 2. The molecule has 2 N–H and O–H groups in total. The van der Waals surface area contributed by atoms with Crippen LogP contribution in [0.1, 0.15) is 63.6 Å². The lowest BCUT2D eigenvalue weighted by Gasteiger charge is -2.11. The standard InChI is InChI=1S/C19H20O4/c1-3-12(2)14-6-4-13(5-7-14)10-16-11-15(18(20)21)8-9-17(16)19(22)23/h4-9,11-12H,3,10H2,1-2H3,(H,20,21)(H,22,23). The van der Waals surface area contributed by atoms with Crippen LogP contribution in [0, 0.1) is 0 Å². The van der Waals surface area contributed by atoms with Crippen molar-refractivity contribution in [1.82, 2.24) is 0 Å². The van der Waals surface area contributed by atoms with Crippen molar-refractivity contribution in [2.24, 2.45) is 0 Å². The molecule has 1 atom stereocenters. The summed E-state index contributed by atoms with van der Waals surface area (Å²) in [6, 6.07) is 12.2. The molecule has 2 rings (SSSR count). The van der Waals surface area contributed by atoms with E-state index in [0.29, 0.717) is 17.9 Å². The van der Waals surface area contributed by atoms with Gasteiger partial charge in [-0.3, -0.25) is 0 Å². The number of hydrogen-bond acceptors (Lipinski definition) is 2. The lowest BCUT2D eigenvalue weighted by Crippen LogP contribution is -2.06. The third-order valence-electron chi connectivity index (χ3n) is 4.14. The first kappa shape index (κ1) is 16.7. The van der Waals surface area contributed by atoms with Crippen LogP contribution < -0.4 is 0 Å². The van der Waals surface area contributed by atoms with Crippen molar-refractivity contribution in [2.45, 2.75) is 32.6 Å². The summed E-state index contributed by atoms with van der Waals surface area (Å²) in [5.74, 6) is -1.63. The first-order valence-corrected chi connectivity index (χ1v) is 7.60. The monoisotopic (exact) mass is 312 g/mol. The van der Waals surface area contributed by atoms with Crippen molar-refractivity contribution < 1.29 is 19.8 Å². The second-order valence-corrected chi connectivity index (χ2v) is 5.71. The van der Waals surface area contributed by atoms with E-state index in [-0.39, 0.29) is 11.1 Å².